The molecule has 0 atom stereocenters. The van der Waals surface area contributed by atoms with Gasteiger partial charge in [-0.1, -0.05) is 52.3 Å². The summed E-state index contributed by atoms with van der Waals surface area (Å²) >= 11 is 3.40. The van der Waals surface area contributed by atoms with Crippen LogP contribution in [0.25, 0.3) is 11.0 Å². The average molecular weight is 367 g/mol. The number of para-hydroxylation sites is 2. The highest BCUT2D eigenvalue weighted by atomic mass is 79.9. The highest BCUT2D eigenvalue weighted by molar-refractivity contribution is 9.10. The molecule has 112 valence electrons. The van der Waals surface area contributed by atoms with Crippen LogP contribution in [0.5, 0.6) is 0 Å². The Hall–Kier alpha value is -2.40. The Kier molecular flexibility index (Phi) is 2.96. The van der Waals surface area contributed by atoms with Crippen molar-refractivity contribution >= 4 is 38.5 Å². The molecule has 4 nitrogen and oxygen atoms in total. The molecule has 1 aliphatic rings. The van der Waals surface area contributed by atoms with Crippen molar-refractivity contribution in [2.24, 2.45) is 0 Å². The van der Waals surface area contributed by atoms with E-state index in [1.165, 1.54) is 0 Å². The van der Waals surface area contributed by atoms with Crippen molar-refractivity contribution in [2.75, 3.05) is 0 Å². The van der Waals surface area contributed by atoms with Crippen molar-refractivity contribution < 1.29 is 9.59 Å². The van der Waals surface area contributed by atoms with E-state index >= 15 is 0 Å². The Bertz CT molecular complexity index is 962. The third-order valence-corrected chi connectivity index (χ3v) is 5.21. The van der Waals surface area contributed by atoms with Crippen LogP contribution in [-0.2, 0) is 4.32 Å². The number of carbonyl (C=O) groups is 2. The SMILES string of the molecule is Cc1nc2ccccc2nc1C1(Br)C(=O)c2ccccc2C1=O. The molecule has 4 rings (SSSR count). The molecule has 0 bridgehead atoms. The van der Waals surface area contributed by atoms with Gasteiger partial charge in [0.1, 0.15) is 0 Å². The summed E-state index contributed by atoms with van der Waals surface area (Å²) in [5.74, 6) is -0.573. The van der Waals surface area contributed by atoms with Gasteiger partial charge >= 0.3 is 0 Å². The summed E-state index contributed by atoms with van der Waals surface area (Å²) in [6.45, 7) is 1.77. The lowest BCUT2D eigenvalue weighted by Gasteiger charge is -2.19. The van der Waals surface area contributed by atoms with E-state index in [9.17, 15) is 9.59 Å². The van der Waals surface area contributed by atoms with E-state index in [1.54, 1.807) is 31.2 Å². The Morgan fingerprint density at radius 3 is 1.87 bits per heavy atom. The number of nitrogens with zero attached hydrogens (tertiary/aromatic N) is 2. The van der Waals surface area contributed by atoms with E-state index in [1.807, 2.05) is 24.3 Å². The number of rotatable bonds is 1. The second-order valence-corrected chi connectivity index (χ2v) is 6.70. The van der Waals surface area contributed by atoms with Crippen LogP contribution >= 0.6 is 15.9 Å². The van der Waals surface area contributed by atoms with Crippen LogP contribution < -0.4 is 0 Å². The summed E-state index contributed by atoms with van der Waals surface area (Å²) < 4.78 is -1.49. The molecular formula is C18H11BrN2O2. The first kappa shape index (κ1) is 14.2. The second-order valence-electron chi connectivity index (χ2n) is 5.51. The molecule has 23 heavy (non-hydrogen) atoms. The van der Waals surface area contributed by atoms with Crippen molar-refractivity contribution in [1.29, 1.82) is 0 Å². The number of ketones is 2. The number of halogens is 1. The molecule has 0 spiro atoms. The number of Topliss-reactive ketones (excluding diaryl/α,β-unsaturated/α-hetero) is 2. The summed E-state index contributed by atoms with van der Waals surface area (Å²) in [4.78, 5) is 34.8. The average Bonchev–Trinajstić information content (AvgIpc) is 2.77. The maximum Gasteiger partial charge on any atom is 0.194 e. The molecule has 1 aliphatic carbocycles. The summed E-state index contributed by atoms with van der Waals surface area (Å²) in [6.07, 6.45) is 0. The van der Waals surface area contributed by atoms with E-state index in [4.69, 9.17) is 0 Å². The van der Waals surface area contributed by atoms with Gasteiger partial charge in [-0.15, -0.1) is 0 Å². The molecule has 5 heteroatoms. The van der Waals surface area contributed by atoms with Gasteiger partial charge in [0.25, 0.3) is 0 Å². The minimum atomic E-state index is -1.49. The van der Waals surface area contributed by atoms with Gasteiger partial charge in [0, 0.05) is 11.1 Å². The van der Waals surface area contributed by atoms with Crippen molar-refractivity contribution in [3.8, 4) is 0 Å². The van der Waals surface area contributed by atoms with Gasteiger partial charge in [0.05, 0.1) is 22.4 Å². The lowest BCUT2D eigenvalue weighted by Crippen LogP contribution is -2.33. The van der Waals surface area contributed by atoms with Crippen LogP contribution in [0.2, 0.25) is 0 Å². The zero-order valence-electron chi connectivity index (χ0n) is 12.2. The Morgan fingerprint density at radius 1 is 0.826 bits per heavy atom. The van der Waals surface area contributed by atoms with Gasteiger partial charge in [-0.05, 0) is 19.1 Å². The zero-order valence-corrected chi connectivity index (χ0v) is 13.8. The maximum atomic E-state index is 12.9. The molecule has 1 heterocycles. The molecule has 0 fully saturated rings. The van der Waals surface area contributed by atoms with E-state index in [0.29, 0.717) is 28.0 Å². The van der Waals surface area contributed by atoms with Crippen LogP contribution in [0.4, 0.5) is 0 Å². The molecule has 0 saturated carbocycles. The maximum absolute atomic E-state index is 12.9. The molecule has 1 aromatic heterocycles. The first-order chi connectivity index (χ1) is 11.0. The van der Waals surface area contributed by atoms with Crippen molar-refractivity contribution in [3.63, 3.8) is 0 Å². The normalized spacial score (nSPS) is 15.9. The predicted molar refractivity (Wildman–Crippen MR) is 90.0 cm³/mol. The number of hydrogen-bond donors (Lipinski definition) is 0. The summed E-state index contributed by atoms with van der Waals surface area (Å²) in [5, 5.41) is 0. The van der Waals surface area contributed by atoms with Gasteiger partial charge in [-0.25, -0.2) is 9.97 Å². The number of benzene rings is 2. The van der Waals surface area contributed by atoms with E-state index < -0.39 is 4.32 Å². The van der Waals surface area contributed by atoms with Crippen LogP contribution in [0, 0.1) is 6.92 Å². The Morgan fingerprint density at radius 2 is 1.30 bits per heavy atom. The van der Waals surface area contributed by atoms with Crippen molar-refractivity contribution in [3.05, 3.63) is 71.0 Å². The first-order valence-electron chi connectivity index (χ1n) is 7.15. The third-order valence-electron chi connectivity index (χ3n) is 4.11. The molecule has 0 radical (unpaired) electrons. The van der Waals surface area contributed by atoms with Crippen LogP contribution in [0.1, 0.15) is 32.1 Å². The number of alkyl halides is 1. The predicted octanol–water partition coefficient (Wildman–Crippen LogP) is 3.61. The van der Waals surface area contributed by atoms with Gasteiger partial charge in [-0.3, -0.25) is 9.59 Å². The fourth-order valence-electron chi connectivity index (χ4n) is 2.98. The number of fused-ring (bicyclic) bond motifs is 2. The fourth-order valence-corrected chi connectivity index (χ4v) is 3.79. The summed E-state index contributed by atoms with van der Waals surface area (Å²) in [7, 11) is 0. The molecule has 0 N–H and O–H groups in total. The van der Waals surface area contributed by atoms with Crippen LogP contribution in [0.15, 0.2) is 48.5 Å². The number of aromatic nitrogens is 2. The number of aryl methyl sites for hydroxylation is 1. The van der Waals surface area contributed by atoms with Crippen molar-refractivity contribution in [1.82, 2.24) is 9.97 Å². The molecule has 0 aliphatic heterocycles. The Balaban J connectivity index is 1.99. The molecule has 0 unspecified atom stereocenters. The van der Waals surface area contributed by atoms with E-state index in [2.05, 4.69) is 25.9 Å². The summed E-state index contributed by atoms with van der Waals surface area (Å²) in [5.41, 5.74) is 3.16. The first-order valence-corrected chi connectivity index (χ1v) is 7.94. The lowest BCUT2D eigenvalue weighted by molar-refractivity contribution is 0.0868. The van der Waals surface area contributed by atoms with Gasteiger partial charge < -0.3 is 0 Å². The molecule has 3 aromatic rings. The van der Waals surface area contributed by atoms with Gasteiger partial charge in [0.15, 0.2) is 15.9 Å². The topological polar surface area (TPSA) is 59.9 Å². The highest BCUT2D eigenvalue weighted by Gasteiger charge is 2.54. The minimum absolute atomic E-state index is 0.286. The summed E-state index contributed by atoms with van der Waals surface area (Å²) in [6, 6.07) is 14.2. The van der Waals surface area contributed by atoms with Gasteiger partial charge in [0.2, 0.25) is 0 Å². The highest BCUT2D eigenvalue weighted by Crippen LogP contribution is 2.44. The van der Waals surface area contributed by atoms with E-state index in [0.717, 1.165) is 5.52 Å². The smallest absolute Gasteiger partial charge is 0.194 e. The molecule has 0 amide bonds. The number of hydrogen-bond acceptors (Lipinski definition) is 4. The van der Waals surface area contributed by atoms with Crippen molar-refractivity contribution in [2.45, 2.75) is 11.2 Å². The second kappa shape index (κ2) is 4.80. The van der Waals surface area contributed by atoms with Crippen LogP contribution in [0.3, 0.4) is 0 Å². The monoisotopic (exact) mass is 366 g/mol. The van der Waals surface area contributed by atoms with Crippen LogP contribution in [-0.4, -0.2) is 21.5 Å². The zero-order chi connectivity index (χ0) is 16.2. The Labute approximate surface area is 140 Å². The largest absolute Gasteiger partial charge is 0.292 e. The van der Waals surface area contributed by atoms with Gasteiger partial charge in [-0.2, -0.15) is 0 Å². The third kappa shape index (κ3) is 1.83. The molecule has 0 saturated heterocycles. The standard InChI is InChI=1S/C18H11BrN2O2/c1-10-15(21-14-9-5-4-8-13(14)20-10)18(19)16(22)11-6-2-3-7-12(11)17(18)23/h2-9H,1H3. The number of carbonyl (C=O) groups excluding carboxylic acids is 2. The molecular weight excluding hydrogens is 356 g/mol. The quantitative estimate of drug-likeness (QED) is 0.487. The fraction of sp³-hybridized carbons (Fsp3) is 0.111. The van der Waals surface area contributed by atoms with E-state index in [-0.39, 0.29) is 11.6 Å². The lowest BCUT2D eigenvalue weighted by atomic mass is 9.97. The molecule has 2 aromatic carbocycles. The minimum Gasteiger partial charge on any atom is -0.292 e.